The Morgan fingerprint density at radius 2 is 1.82 bits per heavy atom. The fourth-order valence-corrected chi connectivity index (χ4v) is 4.05. The zero-order valence-electron chi connectivity index (χ0n) is 19.7. The van der Waals surface area contributed by atoms with Gasteiger partial charge in [-0.05, 0) is 40.7 Å². The van der Waals surface area contributed by atoms with Crippen LogP contribution in [0.25, 0.3) is 0 Å². The van der Waals surface area contributed by atoms with E-state index in [9.17, 15) is 4.39 Å². The summed E-state index contributed by atoms with van der Waals surface area (Å²) in [4.78, 5) is 4.13. The molecule has 0 spiro atoms. The molecule has 2 unspecified atom stereocenters. The molecular weight excluding hydrogens is 419 g/mol. The van der Waals surface area contributed by atoms with Crippen molar-refractivity contribution in [3.8, 4) is 0 Å². The van der Waals surface area contributed by atoms with Gasteiger partial charge in [0.2, 0.25) is 0 Å². The lowest BCUT2D eigenvalue weighted by Crippen LogP contribution is -2.37. The van der Waals surface area contributed by atoms with Crippen LogP contribution in [0.4, 0.5) is 4.39 Å². The maximum Gasteiger partial charge on any atom is 0.187 e. The Hall–Kier alpha value is -2.54. The smallest absolute Gasteiger partial charge is 0.187 e. The van der Waals surface area contributed by atoms with Gasteiger partial charge < -0.3 is 18.8 Å². The molecule has 2 heterocycles. The second kappa shape index (κ2) is 10.2. The molecule has 0 amide bonds. The number of nitrogens with zero attached hydrogens (tertiary/aromatic N) is 2. The minimum Gasteiger partial charge on any atom is -0.374 e. The molecule has 0 aliphatic carbocycles. The summed E-state index contributed by atoms with van der Waals surface area (Å²) in [6.07, 6.45) is 6.64. The van der Waals surface area contributed by atoms with Crippen LogP contribution in [0.15, 0.2) is 67.3 Å². The maximum absolute atomic E-state index is 13.2. The summed E-state index contributed by atoms with van der Waals surface area (Å²) in [5, 5.41) is 0. The maximum atomic E-state index is 13.2. The summed E-state index contributed by atoms with van der Waals surface area (Å²) in [7, 11) is 0. The number of aromatic nitrogens is 2. The number of halogens is 1. The molecule has 4 rings (SSSR count). The van der Waals surface area contributed by atoms with Crippen LogP contribution >= 0.6 is 0 Å². The Kier molecular flexibility index (Phi) is 7.27. The van der Waals surface area contributed by atoms with Gasteiger partial charge in [-0.3, -0.25) is 0 Å². The van der Waals surface area contributed by atoms with Crippen molar-refractivity contribution in [3.63, 3.8) is 0 Å². The van der Waals surface area contributed by atoms with E-state index in [0.29, 0.717) is 32.8 Å². The summed E-state index contributed by atoms with van der Waals surface area (Å²) < 4.78 is 33.8. The molecule has 3 aromatic rings. The molecule has 1 aromatic heterocycles. The van der Waals surface area contributed by atoms with Gasteiger partial charge in [0, 0.05) is 18.8 Å². The molecular formula is C27H33FN2O3. The van der Waals surface area contributed by atoms with Gasteiger partial charge in [0.1, 0.15) is 11.9 Å². The molecule has 2 aromatic carbocycles. The van der Waals surface area contributed by atoms with Gasteiger partial charge in [-0.25, -0.2) is 9.37 Å². The van der Waals surface area contributed by atoms with Crippen molar-refractivity contribution in [1.82, 2.24) is 9.55 Å². The number of rotatable bonds is 9. The van der Waals surface area contributed by atoms with Crippen molar-refractivity contribution in [1.29, 1.82) is 0 Å². The first-order chi connectivity index (χ1) is 15.8. The van der Waals surface area contributed by atoms with Crippen molar-refractivity contribution < 1.29 is 18.6 Å². The van der Waals surface area contributed by atoms with Crippen LogP contribution in [0.5, 0.6) is 0 Å². The van der Waals surface area contributed by atoms with Crippen LogP contribution in [-0.4, -0.2) is 34.7 Å². The predicted octanol–water partition coefficient (Wildman–Crippen LogP) is 5.28. The Labute approximate surface area is 195 Å². The highest BCUT2D eigenvalue weighted by Crippen LogP contribution is 2.31. The van der Waals surface area contributed by atoms with E-state index in [0.717, 1.165) is 17.5 Å². The fourth-order valence-electron chi connectivity index (χ4n) is 4.05. The Balaban J connectivity index is 1.33. The molecule has 33 heavy (non-hydrogen) atoms. The lowest BCUT2D eigenvalue weighted by Gasteiger charge is -2.28. The number of benzene rings is 2. The minimum atomic E-state index is -0.766. The molecule has 176 valence electrons. The molecule has 2 atom stereocenters. The van der Waals surface area contributed by atoms with Crippen molar-refractivity contribution in [3.05, 3.63) is 89.8 Å². The summed E-state index contributed by atoms with van der Waals surface area (Å²) >= 11 is 0. The van der Waals surface area contributed by atoms with Crippen LogP contribution in [-0.2, 0) is 39.2 Å². The average molecular weight is 453 g/mol. The van der Waals surface area contributed by atoms with Gasteiger partial charge in [-0.2, -0.15) is 0 Å². The van der Waals surface area contributed by atoms with Crippen LogP contribution in [0.1, 0.15) is 43.9 Å². The number of aryl methyl sites for hydroxylation is 1. The fraction of sp³-hybridized carbons (Fsp3) is 0.444. The lowest BCUT2D eigenvalue weighted by atomic mass is 9.87. The van der Waals surface area contributed by atoms with E-state index in [2.05, 4.69) is 50.0 Å². The highest BCUT2D eigenvalue weighted by Gasteiger charge is 2.41. The van der Waals surface area contributed by atoms with Gasteiger partial charge in [0.15, 0.2) is 5.79 Å². The van der Waals surface area contributed by atoms with Crippen LogP contribution < -0.4 is 0 Å². The molecule has 1 aliphatic heterocycles. The minimum absolute atomic E-state index is 0.140. The average Bonchev–Trinajstić information content (AvgIpc) is 3.44. The van der Waals surface area contributed by atoms with E-state index in [1.165, 1.54) is 17.7 Å². The van der Waals surface area contributed by atoms with Gasteiger partial charge >= 0.3 is 0 Å². The summed E-state index contributed by atoms with van der Waals surface area (Å²) in [6.45, 7) is 8.64. The third-order valence-corrected chi connectivity index (χ3v) is 6.00. The van der Waals surface area contributed by atoms with Gasteiger partial charge in [0.25, 0.3) is 0 Å². The summed E-state index contributed by atoms with van der Waals surface area (Å²) in [6, 6.07) is 15.2. The van der Waals surface area contributed by atoms with Crippen LogP contribution in [0, 0.1) is 5.82 Å². The van der Waals surface area contributed by atoms with E-state index in [1.807, 2.05) is 10.8 Å². The van der Waals surface area contributed by atoms with Gasteiger partial charge in [0.05, 0.1) is 32.7 Å². The molecule has 1 aliphatic rings. The number of hydrogen-bond donors (Lipinski definition) is 0. The van der Waals surface area contributed by atoms with E-state index < -0.39 is 5.79 Å². The normalized spacial score (nSPS) is 20.9. The monoisotopic (exact) mass is 452 g/mol. The topological polar surface area (TPSA) is 45.5 Å². The SMILES string of the molecule is CC(C)(C)c1ccc(COCC2COC(CCc3ccc(F)cc3)(Cn3ccnc3)O2)cc1. The van der Waals surface area contributed by atoms with Crippen molar-refractivity contribution in [2.45, 2.75) is 64.1 Å². The molecule has 6 heteroatoms. The van der Waals surface area contributed by atoms with Crippen LogP contribution in [0.2, 0.25) is 0 Å². The second-order valence-corrected chi connectivity index (χ2v) is 9.79. The first-order valence-electron chi connectivity index (χ1n) is 11.5. The molecule has 0 radical (unpaired) electrons. The number of imidazole rings is 1. The molecule has 0 saturated carbocycles. The highest BCUT2D eigenvalue weighted by atomic mass is 19.1. The van der Waals surface area contributed by atoms with E-state index in [1.54, 1.807) is 24.7 Å². The Morgan fingerprint density at radius 1 is 1.09 bits per heavy atom. The Bertz CT molecular complexity index is 997. The molecule has 1 fully saturated rings. The second-order valence-electron chi connectivity index (χ2n) is 9.79. The molecule has 5 nitrogen and oxygen atoms in total. The van der Waals surface area contributed by atoms with Crippen molar-refractivity contribution in [2.24, 2.45) is 0 Å². The molecule has 0 N–H and O–H groups in total. The van der Waals surface area contributed by atoms with Crippen LogP contribution in [0.3, 0.4) is 0 Å². The molecule has 0 bridgehead atoms. The predicted molar refractivity (Wildman–Crippen MR) is 125 cm³/mol. The van der Waals surface area contributed by atoms with E-state index in [-0.39, 0.29) is 17.3 Å². The molecule has 1 saturated heterocycles. The van der Waals surface area contributed by atoms with Gasteiger partial charge in [-0.1, -0.05) is 57.2 Å². The lowest BCUT2D eigenvalue weighted by molar-refractivity contribution is -0.187. The zero-order chi connectivity index (χ0) is 23.3. The summed E-state index contributed by atoms with van der Waals surface area (Å²) in [5.41, 5.74) is 3.64. The number of hydrogen-bond acceptors (Lipinski definition) is 4. The van der Waals surface area contributed by atoms with Gasteiger partial charge in [-0.15, -0.1) is 0 Å². The zero-order valence-corrected chi connectivity index (χ0v) is 19.7. The van der Waals surface area contributed by atoms with E-state index in [4.69, 9.17) is 14.2 Å². The highest BCUT2D eigenvalue weighted by molar-refractivity contribution is 5.27. The standard InChI is InChI=1S/C27H33FN2O3/c1-26(2,3)23-8-4-22(5-9-23)16-31-17-25-18-32-27(33-25,19-30-15-14-29-20-30)13-12-21-6-10-24(28)11-7-21/h4-11,14-15,20,25H,12-13,16-19H2,1-3H3. The Morgan fingerprint density at radius 3 is 2.48 bits per heavy atom. The first kappa shape index (κ1) is 23.6. The van der Waals surface area contributed by atoms with Crippen molar-refractivity contribution in [2.75, 3.05) is 13.2 Å². The first-order valence-corrected chi connectivity index (χ1v) is 11.5. The van der Waals surface area contributed by atoms with Crippen molar-refractivity contribution >= 4 is 0 Å². The number of ether oxygens (including phenoxy) is 3. The third-order valence-electron chi connectivity index (χ3n) is 6.00. The summed E-state index contributed by atoms with van der Waals surface area (Å²) in [5.74, 6) is -0.997. The quantitative estimate of drug-likeness (QED) is 0.443. The largest absolute Gasteiger partial charge is 0.374 e. The van der Waals surface area contributed by atoms with E-state index >= 15 is 0 Å². The third kappa shape index (κ3) is 6.50.